The number of hydrogen-bond donors (Lipinski definition) is 1. The molecule has 0 radical (unpaired) electrons. The van der Waals surface area contributed by atoms with Gasteiger partial charge < -0.3 is 9.72 Å². The molecule has 0 unspecified atom stereocenters. The molecule has 1 aromatic heterocycles. The highest BCUT2D eigenvalue weighted by molar-refractivity contribution is 5.89. The van der Waals surface area contributed by atoms with Crippen molar-refractivity contribution in [1.82, 2.24) is 9.88 Å². The molecule has 3 aromatic rings. The summed E-state index contributed by atoms with van der Waals surface area (Å²) in [5, 5.41) is 1.14. The number of aromatic nitrogens is 1. The number of carbonyl (C=O) groups excluding carboxylic acids is 1. The van der Waals surface area contributed by atoms with Gasteiger partial charge in [-0.2, -0.15) is 0 Å². The third kappa shape index (κ3) is 3.58. The average molecular weight is 391 g/mol. The maximum Gasteiger partial charge on any atom is 0.310 e. The van der Waals surface area contributed by atoms with Crippen molar-refractivity contribution >= 4 is 16.9 Å². The van der Waals surface area contributed by atoms with Crippen LogP contribution >= 0.6 is 0 Å². The van der Waals surface area contributed by atoms with E-state index in [1.165, 1.54) is 18.4 Å². The van der Waals surface area contributed by atoms with E-state index in [0.717, 1.165) is 42.1 Å². The topological polar surface area (TPSA) is 45.3 Å². The van der Waals surface area contributed by atoms with Gasteiger partial charge in [0.15, 0.2) is 0 Å². The molecule has 0 saturated heterocycles. The molecule has 2 aromatic carbocycles. The van der Waals surface area contributed by atoms with Crippen molar-refractivity contribution in [3.63, 3.8) is 0 Å². The van der Waals surface area contributed by atoms with Gasteiger partial charge in [0, 0.05) is 22.1 Å². The van der Waals surface area contributed by atoms with Gasteiger partial charge in [0.25, 0.3) is 0 Å². The smallest absolute Gasteiger partial charge is 0.310 e. The molecule has 0 amide bonds. The Hall–Kier alpha value is -2.59. The zero-order valence-corrected chi connectivity index (χ0v) is 17.6. The van der Waals surface area contributed by atoms with Gasteiger partial charge in [-0.3, -0.25) is 9.69 Å². The molecule has 152 valence electrons. The maximum absolute atomic E-state index is 12.1. The second kappa shape index (κ2) is 8.03. The molecule has 4 nitrogen and oxygen atoms in total. The molecular weight excluding hydrogens is 360 g/mol. The predicted molar refractivity (Wildman–Crippen MR) is 117 cm³/mol. The number of rotatable bonds is 5. The lowest BCUT2D eigenvalue weighted by atomic mass is 9.70. The number of fused-ring (bicyclic) bond motifs is 1. The van der Waals surface area contributed by atoms with Gasteiger partial charge in [-0.25, -0.2) is 0 Å². The summed E-state index contributed by atoms with van der Waals surface area (Å²) in [4.78, 5) is 18.1. The van der Waals surface area contributed by atoms with Crippen LogP contribution in [0.2, 0.25) is 0 Å². The van der Waals surface area contributed by atoms with E-state index in [0.29, 0.717) is 12.3 Å². The first-order chi connectivity index (χ1) is 14.0. The van der Waals surface area contributed by atoms with E-state index in [1.54, 1.807) is 0 Å². The van der Waals surface area contributed by atoms with E-state index in [9.17, 15) is 4.79 Å². The molecule has 0 bridgehead atoms. The molecule has 0 aliphatic heterocycles. The van der Waals surface area contributed by atoms with E-state index in [2.05, 4.69) is 66.4 Å². The Labute approximate surface area is 172 Å². The Bertz CT molecular complexity index is 982. The van der Waals surface area contributed by atoms with E-state index >= 15 is 0 Å². The third-order valence-corrected chi connectivity index (χ3v) is 6.78. The third-order valence-electron chi connectivity index (χ3n) is 6.78. The molecule has 0 atom stereocenters. The number of aromatic amines is 1. The minimum absolute atomic E-state index is 0.0757. The number of nitrogens with one attached hydrogen (secondary N) is 1. The van der Waals surface area contributed by atoms with E-state index in [-0.39, 0.29) is 11.5 Å². The fourth-order valence-corrected chi connectivity index (χ4v) is 5.10. The summed E-state index contributed by atoms with van der Waals surface area (Å²) in [5.74, 6) is 0.248. The molecule has 1 fully saturated rings. The zero-order chi connectivity index (χ0) is 20.4. The minimum Gasteiger partial charge on any atom is -0.469 e. The molecule has 1 aliphatic rings. The normalized spacial score (nSPS) is 22.1. The first-order valence-electron chi connectivity index (χ1n) is 10.4. The van der Waals surface area contributed by atoms with Crippen molar-refractivity contribution in [3.05, 3.63) is 71.4 Å². The number of esters is 1. The van der Waals surface area contributed by atoms with Crippen LogP contribution in [0.15, 0.2) is 54.6 Å². The SMILES string of the molecule is COC(=O)Cc1c(C2CCC(c3ccccc3)(N(C)C)CC2)[nH]c2ccccc12. The van der Waals surface area contributed by atoms with Gasteiger partial charge in [-0.1, -0.05) is 48.5 Å². The summed E-state index contributed by atoms with van der Waals surface area (Å²) in [5.41, 5.74) is 4.90. The first kappa shape index (κ1) is 19.7. The van der Waals surface area contributed by atoms with Crippen LogP contribution < -0.4 is 0 Å². The molecule has 4 heteroatoms. The summed E-state index contributed by atoms with van der Waals surface area (Å²) in [6.07, 6.45) is 4.70. The average Bonchev–Trinajstić information content (AvgIpc) is 3.12. The Morgan fingerprint density at radius 2 is 1.72 bits per heavy atom. The Kier molecular flexibility index (Phi) is 5.46. The van der Waals surface area contributed by atoms with Crippen LogP contribution in [-0.4, -0.2) is 37.1 Å². The van der Waals surface area contributed by atoms with Crippen LogP contribution in [0, 0.1) is 0 Å². The van der Waals surface area contributed by atoms with Gasteiger partial charge in [0.05, 0.1) is 13.5 Å². The van der Waals surface area contributed by atoms with Crippen molar-refractivity contribution in [2.45, 2.75) is 43.6 Å². The van der Waals surface area contributed by atoms with Crippen LogP contribution in [-0.2, 0) is 21.5 Å². The lowest BCUT2D eigenvalue weighted by molar-refractivity contribution is -0.139. The maximum atomic E-state index is 12.1. The summed E-state index contributed by atoms with van der Waals surface area (Å²) in [6, 6.07) is 19.1. The number of carbonyl (C=O) groups is 1. The number of para-hydroxylation sites is 1. The fraction of sp³-hybridized carbons (Fsp3) is 0.400. The standard InChI is InChI=1S/C25H30N2O2/c1-27(2)25(19-9-5-4-6-10-19)15-13-18(14-16-25)24-21(17-23(28)29-3)20-11-7-8-12-22(20)26-24/h4-12,18,26H,13-17H2,1-3H3. The van der Waals surface area contributed by atoms with Gasteiger partial charge in [0.2, 0.25) is 0 Å². The molecule has 29 heavy (non-hydrogen) atoms. The van der Waals surface area contributed by atoms with Crippen molar-refractivity contribution < 1.29 is 9.53 Å². The van der Waals surface area contributed by atoms with Crippen LogP contribution in [0.5, 0.6) is 0 Å². The minimum atomic E-state index is -0.182. The molecule has 0 spiro atoms. The largest absolute Gasteiger partial charge is 0.469 e. The number of benzene rings is 2. The second-order valence-electron chi connectivity index (χ2n) is 8.38. The second-order valence-corrected chi connectivity index (χ2v) is 8.38. The van der Waals surface area contributed by atoms with E-state index < -0.39 is 0 Å². The van der Waals surface area contributed by atoms with Crippen molar-refractivity contribution in [2.75, 3.05) is 21.2 Å². The lowest BCUT2D eigenvalue weighted by Gasteiger charge is -2.45. The van der Waals surface area contributed by atoms with Gasteiger partial charge in [0.1, 0.15) is 0 Å². The number of ether oxygens (including phenoxy) is 1. The number of methoxy groups -OCH3 is 1. The van der Waals surface area contributed by atoms with Crippen molar-refractivity contribution in [3.8, 4) is 0 Å². The number of nitrogens with zero attached hydrogens (tertiary/aromatic N) is 1. The van der Waals surface area contributed by atoms with Crippen LogP contribution in [0.4, 0.5) is 0 Å². The van der Waals surface area contributed by atoms with Gasteiger partial charge in [-0.15, -0.1) is 0 Å². The summed E-state index contributed by atoms with van der Waals surface area (Å²) < 4.78 is 4.98. The Balaban J connectivity index is 1.65. The summed E-state index contributed by atoms with van der Waals surface area (Å²) in [7, 11) is 5.85. The Morgan fingerprint density at radius 3 is 2.38 bits per heavy atom. The lowest BCUT2D eigenvalue weighted by Crippen LogP contribution is -2.44. The van der Waals surface area contributed by atoms with Crippen LogP contribution in [0.3, 0.4) is 0 Å². The fourth-order valence-electron chi connectivity index (χ4n) is 5.10. The van der Waals surface area contributed by atoms with E-state index in [1.807, 2.05) is 12.1 Å². The zero-order valence-electron chi connectivity index (χ0n) is 17.6. The van der Waals surface area contributed by atoms with Crippen LogP contribution in [0.25, 0.3) is 10.9 Å². The molecular formula is C25H30N2O2. The van der Waals surface area contributed by atoms with Gasteiger partial charge >= 0.3 is 5.97 Å². The molecule has 1 heterocycles. The molecule has 1 saturated carbocycles. The predicted octanol–water partition coefficient (Wildman–Crippen LogP) is 5.00. The molecule has 1 aliphatic carbocycles. The number of hydrogen-bond acceptors (Lipinski definition) is 3. The summed E-state index contributed by atoms with van der Waals surface area (Å²) in [6.45, 7) is 0. The highest BCUT2D eigenvalue weighted by Crippen LogP contribution is 2.47. The van der Waals surface area contributed by atoms with Crippen molar-refractivity contribution in [1.29, 1.82) is 0 Å². The van der Waals surface area contributed by atoms with E-state index in [4.69, 9.17) is 4.74 Å². The molecule has 1 N–H and O–H groups in total. The number of H-pyrrole nitrogens is 1. The quantitative estimate of drug-likeness (QED) is 0.624. The first-order valence-corrected chi connectivity index (χ1v) is 10.4. The molecule has 4 rings (SSSR count). The highest BCUT2D eigenvalue weighted by Gasteiger charge is 2.40. The van der Waals surface area contributed by atoms with Gasteiger partial charge in [-0.05, 0) is 62.9 Å². The monoisotopic (exact) mass is 390 g/mol. The summed E-state index contributed by atoms with van der Waals surface area (Å²) >= 11 is 0. The Morgan fingerprint density at radius 1 is 1.07 bits per heavy atom. The van der Waals surface area contributed by atoms with Crippen molar-refractivity contribution in [2.24, 2.45) is 0 Å². The highest BCUT2D eigenvalue weighted by atomic mass is 16.5. The van der Waals surface area contributed by atoms with Crippen LogP contribution in [0.1, 0.15) is 48.4 Å².